The molecule has 0 unspecified atom stereocenters. The van der Waals surface area contributed by atoms with E-state index in [9.17, 15) is 4.79 Å². The summed E-state index contributed by atoms with van der Waals surface area (Å²) < 4.78 is 0. The van der Waals surface area contributed by atoms with Gasteiger partial charge in [0.25, 0.3) is 0 Å². The minimum absolute atomic E-state index is 0.285. The second kappa shape index (κ2) is 8.40. The molecule has 1 aliphatic carbocycles. The first-order valence-electron chi connectivity index (χ1n) is 8.75. The van der Waals surface area contributed by atoms with Crippen LogP contribution in [0, 0.1) is 0 Å². The number of aromatic nitrogens is 2. The molecule has 1 aromatic heterocycles. The number of hydrogen-bond donors (Lipinski definition) is 2. The Bertz CT molecular complexity index is 692. The summed E-state index contributed by atoms with van der Waals surface area (Å²) in [5.74, 6) is 0.508. The Balaban J connectivity index is 1.53. The van der Waals surface area contributed by atoms with Gasteiger partial charge in [0.1, 0.15) is 5.01 Å². The van der Waals surface area contributed by atoms with Gasteiger partial charge in [-0.1, -0.05) is 42.7 Å². The van der Waals surface area contributed by atoms with Crippen molar-refractivity contribution in [2.24, 2.45) is 0 Å². The van der Waals surface area contributed by atoms with Crippen molar-refractivity contribution in [2.75, 3.05) is 24.7 Å². The number of carbonyl (C=O) groups is 1. The van der Waals surface area contributed by atoms with Gasteiger partial charge in [-0.15, -0.1) is 10.2 Å². The van der Waals surface area contributed by atoms with Crippen LogP contribution < -0.4 is 10.6 Å². The summed E-state index contributed by atoms with van der Waals surface area (Å²) in [6, 6.07) is 7.56. The van der Waals surface area contributed by atoms with Crippen LogP contribution in [0.15, 0.2) is 24.3 Å². The predicted octanol–water partition coefficient (Wildman–Crippen LogP) is 4.29. The van der Waals surface area contributed by atoms with Gasteiger partial charge in [-0.05, 0) is 44.6 Å². The zero-order valence-corrected chi connectivity index (χ0v) is 15.6. The molecule has 0 radical (unpaired) electrons. The lowest BCUT2D eigenvalue weighted by molar-refractivity contribution is 0.262. The predicted molar refractivity (Wildman–Crippen MR) is 102 cm³/mol. The molecule has 2 N–H and O–H groups in total. The van der Waals surface area contributed by atoms with Crippen molar-refractivity contribution in [1.29, 1.82) is 0 Å². The van der Waals surface area contributed by atoms with Crippen molar-refractivity contribution in [1.82, 2.24) is 15.1 Å². The third kappa shape index (κ3) is 5.24. The lowest BCUT2D eigenvalue weighted by atomic mass is 9.90. The molecule has 0 saturated heterocycles. The van der Waals surface area contributed by atoms with E-state index >= 15 is 0 Å². The van der Waals surface area contributed by atoms with Gasteiger partial charge >= 0.3 is 6.03 Å². The first-order valence-corrected chi connectivity index (χ1v) is 9.57. The van der Waals surface area contributed by atoms with Gasteiger partial charge in [-0.3, -0.25) is 5.32 Å². The fourth-order valence-electron chi connectivity index (χ4n) is 3.12. The van der Waals surface area contributed by atoms with Gasteiger partial charge in [0.2, 0.25) is 5.13 Å². The Morgan fingerprint density at radius 1 is 1.12 bits per heavy atom. The molecule has 1 aliphatic rings. The number of rotatable bonds is 5. The summed E-state index contributed by atoms with van der Waals surface area (Å²) >= 11 is 1.49. The van der Waals surface area contributed by atoms with E-state index in [0.29, 0.717) is 11.0 Å². The summed E-state index contributed by atoms with van der Waals surface area (Å²) in [6.45, 7) is 0.876. The molecule has 1 fully saturated rings. The van der Waals surface area contributed by atoms with E-state index in [1.54, 1.807) is 0 Å². The zero-order valence-electron chi connectivity index (χ0n) is 14.8. The quantitative estimate of drug-likeness (QED) is 0.835. The van der Waals surface area contributed by atoms with E-state index in [1.807, 2.05) is 38.4 Å². The Morgan fingerprint density at radius 2 is 1.84 bits per heavy atom. The number of hydrogen-bond acceptors (Lipinski definition) is 5. The number of urea groups is 1. The molecule has 6 nitrogen and oxygen atoms in total. The molecule has 0 spiro atoms. The Hall–Kier alpha value is -1.99. The highest BCUT2D eigenvalue weighted by Crippen LogP contribution is 2.35. The van der Waals surface area contributed by atoms with Crippen LogP contribution in [0.1, 0.15) is 48.6 Å². The molecular formula is C18H25N5OS. The lowest BCUT2D eigenvalue weighted by Crippen LogP contribution is -2.19. The van der Waals surface area contributed by atoms with Crippen LogP contribution in [-0.2, 0) is 6.54 Å². The second-order valence-corrected chi connectivity index (χ2v) is 7.80. The zero-order chi connectivity index (χ0) is 17.6. The highest BCUT2D eigenvalue weighted by Gasteiger charge is 2.20. The maximum absolute atomic E-state index is 12.1. The topological polar surface area (TPSA) is 70.2 Å². The molecule has 3 rings (SSSR count). The normalized spacial score (nSPS) is 15.3. The highest BCUT2D eigenvalue weighted by atomic mass is 32.1. The van der Waals surface area contributed by atoms with Crippen LogP contribution >= 0.6 is 11.3 Å². The Kier molecular flexibility index (Phi) is 5.99. The van der Waals surface area contributed by atoms with Gasteiger partial charge in [0.15, 0.2) is 0 Å². The van der Waals surface area contributed by atoms with Gasteiger partial charge < -0.3 is 10.2 Å². The minimum Gasteiger partial charge on any atom is -0.308 e. The van der Waals surface area contributed by atoms with Crippen LogP contribution in [0.25, 0.3) is 0 Å². The third-order valence-corrected chi connectivity index (χ3v) is 5.33. The molecule has 2 aromatic rings. The van der Waals surface area contributed by atoms with E-state index in [0.717, 1.165) is 17.2 Å². The number of benzene rings is 1. The number of amides is 2. The van der Waals surface area contributed by atoms with E-state index in [1.165, 1.54) is 49.0 Å². The van der Waals surface area contributed by atoms with Crippen LogP contribution in [0.5, 0.6) is 0 Å². The Labute approximate surface area is 152 Å². The fourth-order valence-corrected chi connectivity index (χ4v) is 4.03. The SMILES string of the molecule is CN(C)Cc1ccc(NC(=O)Nc2nnc(C3CCCCC3)s2)cc1. The minimum atomic E-state index is -0.285. The van der Waals surface area contributed by atoms with Crippen molar-refractivity contribution >= 4 is 28.2 Å². The molecule has 1 aromatic carbocycles. The average molecular weight is 359 g/mol. The summed E-state index contributed by atoms with van der Waals surface area (Å²) in [5, 5.41) is 15.6. The molecule has 2 amide bonds. The maximum atomic E-state index is 12.1. The van der Waals surface area contributed by atoms with Crippen molar-refractivity contribution in [3.05, 3.63) is 34.8 Å². The average Bonchev–Trinajstić information content (AvgIpc) is 3.05. The molecule has 0 atom stereocenters. The molecule has 1 heterocycles. The van der Waals surface area contributed by atoms with Gasteiger partial charge in [-0.25, -0.2) is 4.79 Å². The fraction of sp³-hybridized carbons (Fsp3) is 0.500. The summed E-state index contributed by atoms with van der Waals surface area (Å²) in [6.07, 6.45) is 6.20. The van der Waals surface area contributed by atoms with Crippen molar-refractivity contribution < 1.29 is 4.79 Å². The van der Waals surface area contributed by atoms with E-state index in [4.69, 9.17) is 0 Å². The van der Waals surface area contributed by atoms with Crippen LogP contribution in [0.2, 0.25) is 0 Å². The van der Waals surface area contributed by atoms with Gasteiger partial charge in [0.05, 0.1) is 0 Å². The number of anilines is 2. The van der Waals surface area contributed by atoms with Crippen molar-refractivity contribution in [3.8, 4) is 0 Å². The van der Waals surface area contributed by atoms with Crippen molar-refractivity contribution in [2.45, 2.75) is 44.6 Å². The largest absolute Gasteiger partial charge is 0.325 e. The van der Waals surface area contributed by atoms with E-state index < -0.39 is 0 Å². The molecule has 134 valence electrons. The summed E-state index contributed by atoms with van der Waals surface area (Å²) in [5.41, 5.74) is 1.97. The van der Waals surface area contributed by atoms with E-state index in [-0.39, 0.29) is 6.03 Å². The monoisotopic (exact) mass is 359 g/mol. The smallest absolute Gasteiger partial charge is 0.308 e. The number of nitrogens with zero attached hydrogens (tertiary/aromatic N) is 3. The first kappa shape index (κ1) is 17.8. The molecule has 7 heteroatoms. The van der Waals surface area contributed by atoms with E-state index in [2.05, 4.69) is 25.7 Å². The van der Waals surface area contributed by atoms with Crippen molar-refractivity contribution in [3.63, 3.8) is 0 Å². The molecule has 1 saturated carbocycles. The standard InChI is InChI=1S/C18H25N5OS/c1-23(2)12-13-8-10-15(11-9-13)19-17(24)20-18-22-21-16(25-18)14-6-4-3-5-7-14/h8-11,14H,3-7,12H2,1-2H3,(H2,19,20,22,24). The lowest BCUT2D eigenvalue weighted by Gasteiger charge is -2.18. The second-order valence-electron chi connectivity index (χ2n) is 6.79. The molecule has 0 bridgehead atoms. The first-order chi connectivity index (χ1) is 12.1. The van der Waals surface area contributed by atoms with Gasteiger partial charge in [-0.2, -0.15) is 0 Å². The van der Waals surface area contributed by atoms with Gasteiger partial charge in [0, 0.05) is 18.2 Å². The summed E-state index contributed by atoms with van der Waals surface area (Å²) in [4.78, 5) is 14.2. The third-order valence-electron chi connectivity index (χ3n) is 4.33. The maximum Gasteiger partial charge on any atom is 0.325 e. The molecule has 0 aliphatic heterocycles. The van der Waals surface area contributed by atoms with Crippen LogP contribution in [0.4, 0.5) is 15.6 Å². The Morgan fingerprint density at radius 3 is 2.52 bits per heavy atom. The van der Waals surface area contributed by atoms with Crippen LogP contribution in [-0.4, -0.2) is 35.2 Å². The number of carbonyl (C=O) groups excluding carboxylic acids is 1. The van der Waals surface area contributed by atoms with Crippen LogP contribution in [0.3, 0.4) is 0 Å². The molecule has 25 heavy (non-hydrogen) atoms. The summed E-state index contributed by atoms with van der Waals surface area (Å²) in [7, 11) is 4.06. The number of nitrogens with one attached hydrogen (secondary N) is 2. The highest BCUT2D eigenvalue weighted by molar-refractivity contribution is 7.15. The molecular weight excluding hydrogens is 334 g/mol.